The molecule has 2 aromatic carbocycles. The van der Waals surface area contributed by atoms with Gasteiger partial charge in [-0.15, -0.1) is 0 Å². The number of hydrogen-bond donors (Lipinski definition) is 1. The molecule has 12 heteroatoms. The minimum atomic E-state index is -5.10. The van der Waals surface area contributed by atoms with Crippen molar-refractivity contribution in [2.45, 2.75) is 43.9 Å². The number of halogens is 5. The van der Waals surface area contributed by atoms with Gasteiger partial charge in [0.25, 0.3) is 11.5 Å². The highest BCUT2D eigenvalue weighted by Crippen LogP contribution is 2.50. The quantitative estimate of drug-likeness (QED) is 0.236. The zero-order chi connectivity index (χ0) is 29.7. The second-order valence-electron chi connectivity index (χ2n) is 9.54. The molecular formula is C28H31F5N2O5. The van der Waals surface area contributed by atoms with Gasteiger partial charge >= 0.3 is 12.1 Å². The van der Waals surface area contributed by atoms with Crippen LogP contribution in [0.1, 0.15) is 43.2 Å². The highest BCUT2D eigenvalue weighted by Gasteiger charge is 2.64. The molecule has 2 atom stereocenters. The highest BCUT2D eigenvalue weighted by atomic mass is 19.4. The van der Waals surface area contributed by atoms with E-state index in [1.54, 1.807) is 6.92 Å². The molecule has 1 heterocycles. The van der Waals surface area contributed by atoms with E-state index in [0.29, 0.717) is 0 Å². The summed E-state index contributed by atoms with van der Waals surface area (Å²) in [7, 11) is 2.05. The van der Waals surface area contributed by atoms with E-state index >= 15 is 0 Å². The number of likely N-dealkylation sites (tertiary alicyclic amines) is 1. The van der Waals surface area contributed by atoms with Crippen molar-refractivity contribution >= 4 is 18.1 Å². The normalized spacial score (nSPS) is 17.4. The van der Waals surface area contributed by atoms with Crippen LogP contribution in [0.25, 0.3) is 0 Å². The number of nitrogens with zero attached hydrogens (tertiary/aromatic N) is 1. The number of amides is 1. The Morgan fingerprint density at radius 1 is 1.07 bits per heavy atom. The number of benzene rings is 2. The second-order valence-corrected chi connectivity index (χ2v) is 9.54. The van der Waals surface area contributed by atoms with Gasteiger partial charge in [0.15, 0.2) is 11.6 Å². The van der Waals surface area contributed by atoms with E-state index < -0.39 is 46.6 Å². The van der Waals surface area contributed by atoms with E-state index in [1.165, 1.54) is 25.3 Å². The van der Waals surface area contributed by atoms with E-state index in [-0.39, 0.29) is 55.8 Å². The smallest absolute Gasteiger partial charge is 0.430 e. The third-order valence-electron chi connectivity index (χ3n) is 7.47. The number of ether oxygens (including phenoxy) is 3. The van der Waals surface area contributed by atoms with Crippen molar-refractivity contribution in [3.8, 4) is 5.75 Å². The molecule has 7 nitrogen and oxygen atoms in total. The lowest BCUT2D eigenvalue weighted by Crippen LogP contribution is -2.59. The van der Waals surface area contributed by atoms with Crippen LogP contribution >= 0.6 is 0 Å². The number of hydrogen-bond acceptors (Lipinski definition) is 6. The summed E-state index contributed by atoms with van der Waals surface area (Å²) in [5.74, 6) is -5.40. The van der Waals surface area contributed by atoms with Gasteiger partial charge in [-0.2, -0.15) is 13.2 Å². The van der Waals surface area contributed by atoms with Gasteiger partial charge in [-0.1, -0.05) is 30.3 Å². The van der Waals surface area contributed by atoms with Crippen LogP contribution in [0.2, 0.25) is 0 Å². The first-order valence-corrected chi connectivity index (χ1v) is 12.6. The molecule has 0 aliphatic carbocycles. The Kier molecular flexibility index (Phi) is 9.55. The van der Waals surface area contributed by atoms with Crippen LogP contribution in [0.5, 0.6) is 5.75 Å². The predicted octanol–water partition coefficient (Wildman–Crippen LogP) is 5.37. The van der Waals surface area contributed by atoms with Crippen molar-refractivity contribution in [3.63, 3.8) is 0 Å². The van der Waals surface area contributed by atoms with Crippen LogP contribution in [0, 0.1) is 22.5 Å². The number of nitrogens with one attached hydrogen (secondary N) is 1. The van der Waals surface area contributed by atoms with Crippen molar-refractivity contribution in [1.82, 2.24) is 4.90 Å². The van der Waals surface area contributed by atoms with E-state index in [2.05, 4.69) is 0 Å². The van der Waals surface area contributed by atoms with E-state index in [1.807, 2.05) is 0 Å². The minimum absolute atomic E-state index is 0.0494. The SMILES string of the molecule is CCOC(=O)CC1(C(C=N)c2cc(F)c(F)cc2OC)CCN(C(=O)[C@](OC)(c2ccccc2)C(F)(F)F)CC1. The summed E-state index contributed by atoms with van der Waals surface area (Å²) in [4.78, 5) is 27.2. The molecule has 0 bridgehead atoms. The Balaban J connectivity index is 2.03. The third kappa shape index (κ3) is 5.67. The monoisotopic (exact) mass is 570 g/mol. The zero-order valence-electron chi connectivity index (χ0n) is 22.3. The summed E-state index contributed by atoms with van der Waals surface area (Å²) in [6, 6.07) is 8.27. The molecule has 0 aromatic heterocycles. The first-order chi connectivity index (χ1) is 18.9. The van der Waals surface area contributed by atoms with Gasteiger partial charge in [-0.05, 0) is 31.2 Å². The number of methoxy groups -OCH3 is 2. The van der Waals surface area contributed by atoms with Crippen LogP contribution in [-0.4, -0.2) is 63.1 Å². The fourth-order valence-corrected chi connectivity index (χ4v) is 5.44. The average Bonchev–Trinajstić information content (AvgIpc) is 2.92. The maximum atomic E-state index is 14.5. The largest absolute Gasteiger partial charge is 0.496 e. The molecule has 1 saturated heterocycles. The van der Waals surface area contributed by atoms with Gasteiger partial charge in [0, 0.05) is 49.5 Å². The molecule has 1 fully saturated rings. The topological polar surface area (TPSA) is 88.9 Å². The molecule has 218 valence electrons. The zero-order valence-corrected chi connectivity index (χ0v) is 22.3. The molecule has 1 aliphatic heterocycles. The number of carbonyl (C=O) groups is 2. The van der Waals surface area contributed by atoms with Crippen LogP contribution in [-0.2, 0) is 24.7 Å². The molecule has 1 unspecified atom stereocenters. The van der Waals surface area contributed by atoms with Crippen LogP contribution in [0.15, 0.2) is 42.5 Å². The first-order valence-electron chi connectivity index (χ1n) is 12.6. The predicted molar refractivity (Wildman–Crippen MR) is 135 cm³/mol. The molecule has 3 rings (SSSR count). The molecule has 0 spiro atoms. The van der Waals surface area contributed by atoms with Crippen molar-refractivity contribution in [1.29, 1.82) is 5.41 Å². The Bertz CT molecular complexity index is 1220. The van der Waals surface area contributed by atoms with Crippen molar-refractivity contribution in [3.05, 3.63) is 65.2 Å². The molecule has 0 radical (unpaired) electrons. The molecule has 2 aromatic rings. The summed E-state index contributed by atoms with van der Waals surface area (Å²) in [6.45, 7) is 1.19. The third-order valence-corrected chi connectivity index (χ3v) is 7.47. The molecule has 0 saturated carbocycles. The average molecular weight is 571 g/mol. The van der Waals surface area contributed by atoms with Gasteiger partial charge in [0.1, 0.15) is 5.75 Å². The van der Waals surface area contributed by atoms with Gasteiger partial charge in [-0.3, -0.25) is 9.59 Å². The Morgan fingerprint density at radius 3 is 2.17 bits per heavy atom. The first kappa shape index (κ1) is 31.0. The number of rotatable bonds is 10. The van der Waals surface area contributed by atoms with E-state index in [4.69, 9.17) is 19.6 Å². The highest BCUT2D eigenvalue weighted by molar-refractivity contribution is 5.88. The molecule has 40 heavy (non-hydrogen) atoms. The van der Waals surface area contributed by atoms with Gasteiger partial charge in [0.2, 0.25) is 0 Å². The maximum Gasteiger partial charge on any atom is 0.430 e. The number of piperidine rings is 1. The lowest BCUT2D eigenvalue weighted by atomic mass is 9.64. The van der Waals surface area contributed by atoms with Gasteiger partial charge in [-0.25, -0.2) is 8.78 Å². The summed E-state index contributed by atoms with van der Waals surface area (Å²) < 4.78 is 87.0. The Morgan fingerprint density at radius 2 is 1.68 bits per heavy atom. The van der Waals surface area contributed by atoms with Crippen LogP contribution in [0.3, 0.4) is 0 Å². The lowest BCUT2D eigenvalue weighted by molar-refractivity contribution is -0.271. The number of alkyl halides is 3. The van der Waals surface area contributed by atoms with Crippen LogP contribution in [0.4, 0.5) is 22.0 Å². The summed E-state index contributed by atoms with van der Waals surface area (Å²) >= 11 is 0. The van der Waals surface area contributed by atoms with Gasteiger partial charge < -0.3 is 24.5 Å². The number of esters is 1. The summed E-state index contributed by atoms with van der Waals surface area (Å²) in [5, 5.41) is 8.16. The fourth-order valence-electron chi connectivity index (χ4n) is 5.44. The minimum Gasteiger partial charge on any atom is -0.496 e. The Hall–Kier alpha value is -3.54. The van der Waals surface area contributed by atoms with Gasteiger partial charge in [0.05, 0.1) is 20.1 Å². The van der Waals surface area contributed by atoms with E-state index in [9.17, 15) is 31.5 Å². The van der Waals surface area contributed by atoms with E-state index in [0.717, 1.165) is 42.5 Å². The molecule has 1 amide bonds. The van der Waals surface area contributed by atoms with Crippen LogP contribution < -0.4 is 4.74 Å². The van der Waals surface area contributed by atoms with Crippen molar-refractivity contribution in [2.24, 2.45) is 5.41 Å². The fraction of sp³-hybridized carbons (Fsp3) is 0.464. The molecular weight excluding hydrogens is 539 g/mol. The van der Waals surface area contributed by atoms with Crippen molar-refractivity contribution < 1.29 is 45.8 Å². The summed E-state index contributed by atoms with van der Waals surface area (Å²) in [6.07, 6.45) is -4.52. The lowest BCUT2D eigenvalue weighted by Gasteiger charge is -2.47. The molecule has 1 aliphatic rings. The Labute approximate surface area is 228 Å². The van der Waals surface area contributed by atoms with Crippen molar-refractivity contribution in [2.75, 3.05) is 33.9 Å². The molecule has 1 N–H and O–H groups in total. The summed E-state index contributed by atoms with van der Waals surface area (Å²) in [5.41, 5.74) is -4.74. The maximum absolute atomic E-state index is 14.5. The second kappa shape index (κ2) is 12.3. The number of carbonyl (C=O) groups excluding carboxylic acids is 2. The standard InChI is InChI=1S/C28H31F5N2O5/c1-4-40-24(36)16-26(20(17-34)19-14-21(29)22(30)15-23(19)38-2)10-12-35(13-11-26)25(37)27(39-3,28(31,32)33)18-8-6-5-7-9-18/h5-9,14-15,17,20,34H,4,10-13,16H2,1-3H3/t20?,27-/m1/s1.